The Morgan fingerprint density at radius 1 is 0.861 bits per heavy atom. The van der Waals surface area contributed by atoms with Crippen LogP contribution in [0.1, 0.15) is 20.7 Å². The first-order valence-corrected chi connectivity index (χ1v) is 11.9. The van der Waals surface area contributed by atoms with E-state index in [1.165, 1.54) is 23.8 Å². The minimum absolute atomic E-state index is 0.0870. The molecule has 8 nitrogen and oxygen atoms in total. The van der Waals surface area contributed by atoms with Gasteiger partial charge in [0.2, 0.25) is 0 Å². The first-order chi connectivity index (χ1) is 17.5. The fourth-order valence-electron chi connectivity index (χ4n) is 4.46. The molecule has 3 aromatic carbocycles. The Hall–Kier alpha value is -4.24. The zero-order chi connectivity index (χ0) is 25.2. The van der Waals surface area contributed by atoms with Gasteiger partial charge in [0.05, 0.1) is 29.3 Å². The lowest BCUT2D eigenvalue weighted by atomic mass is 10.1. The Morgan fingerprint density at radius 2 is 1.58 bits per heavy atom. The molecule has 0 radical (unpaired) electrons. The molecule has 0 spiro atoms. The summed E-state index contributed by atoms with van der Waals surface area (Å²) in [5.41, 5.74) is 2.54. The number of amides is 1. The number of aromatic nitrogens is 2. The van der Waals surface area contributed by atoms with Crippen LogP contribution < -0.4 is 10.5 Å². The van der Waals surface area contributed by atoms with E-state index in [4.69, 9.17) is 17.0 Å². The number of hydrogen-bond donors (Lipinski definition) is 1. The van der Waals surface area contributed by atoms with E-state index in [0.717, 1.165) is 18.8 Å². The van der Waals surface area contributed by atoms with Gasteiger partial charge in [-0.1, -0.05) is 24.3 Å². The van der Waals surface area contributed by atoms with Crippen LogP contribution in [-0.4, -0.2) is 59.6 Å². The molecule has 1 aliphatic rings. The maximum absolute atomic E-state index is 13.3. The van der Waals surface area contributed by atoms with Gasteiger partial charge in [0.25, 0.3) is 11.5 Å². The Morgan fingerprint density at radius 3 is 2.31 bits per heavy atom. The molecule has 1 aliphatic heterocycles. The van der Waals surface area contributed by atoms with Crippen molar-refractivity contribution in [2.45, 2.75) is 0 Å². The van der Waals surface area contributed by atoms with Gasteiger partial charge in [0, 0.05) is 37.4 Å². The van der Waals surface area contributed by atoms with Gasteiger partial charge in [-0.3, -0.25) is 14.2 Å². The Bertz CT molecular complexity index is 1570. The van der Waals surface area contributed by atoms with E-state index in [1.807, 2.05) is 23.1 Å². The maximum Gasteiger partial charge on any atom is 0.337 e. The van der Waals surface area contributed by atoms with E-state index in [-0.39, 0.29) is 16.2 Å². The van der Waals surface area contributed by atoms with Crippen molar-refractivity contribution in [1.29, 1.82) is 0 Å². The minimum atomic E-state index is -0.504. The number of piperazine rings is 1. The first-order valence-electron chi connectivity index (χ1n) is 11.5. The summed E-state index contributed by atoms with van der Waals surface area (Å²) in [6.45, 7) is 2.71. The zero-order valence-corrected chi connectivity index (χ0v) is 20.5. The number of esters is 1. The highest BCUT2D eigenvalue weighted by Crippen LogP contribution is 2.19. The Kier molecular flexibility index (Phi) is 6.39. The number of methoxy groups -OCH3 is 1. The summed E-state index contributed by atoms with van der Waals surface area (Å²) in [5, 5.41) is 0.366. The lowest BCUT2D eigenvalue weighted by Crippen LogP contribution is -2.48. The average Bonchev–Trinajstić information content (AvgIpc) is 2.92. The normalized spacial score (nSPS) is 13.6. The SMILES string of the molecule is COC(=O)c1ccc2c(=O)n(-c3cccc(C(=O)N4CCN(c5ccccc5)CC4)c3)c(=S)[nH]c2c1. The second kappa shape index (κ2) is 9.79. The van der Waals surface area contributed by atoms with Crippen molar-refractivity contribution < 1.29 is 14.3 Å². The van der Waals surface area contributed by atoms with E-state index in [1.54, 1.807) is 30.3 Å². The van der Waals surface area contributed by atoms with Crippen molar-refractivity contribution in [2.24, 2.45) is 0 Å². The van der Waals surface area contributed by atoms with Crippen LogP contribution in [0.15, 0.2) is 77.6 Å². The number of para-hydroxylation sites is 1. The minimum Gasteiger partial charge on any atom is -0.465 e. The molecule has 2 heterocycles. The van der Waals surface area contributed by atoms with Gasteiger partial charge in [0.15, 0.2) is 4.77 Å². The first kappa shape index (κ1) is 23.5. The summed E-state index contributed by atoms with van der Waals surface area (Å²) in [7, 11) is 1.30. The predicted molar refractivity (Wildman–Crippen MR) is 141 cm³/mol. The van der Waals surface area contributed by atoms with Gasteiger partial charge < -0.3 is 19.5 Å². The molecule has 1 N–H and O–H groups in total. The zero-order valence-electron chi connectivity index (χ0n) is 19.6. The second-order valence-electron chi connectivity index (χ2n) is 8.49. The third kappa shape index (κ3) is 4.40. The highest BCUT2D eigenvalue weighted by Gasteiger charge is 2.23. The average molecular weight is 501 g/mol. The molecule has 0 unspecified atom stereocenters. The molecule has 0 atom stereocenters. The third-order valence-electron chi connectivity index (χ3n) is 6.36. The van der Waals surface area contributed by atoms with Gasteiger partial charge >= 0.3 is 5.97 Å². The van der Waals surface area contributed by atoms with Crippen LogP contribution in [0.2, 0.25) is 0 Å². The van der Waals surface area contributed by atoms with E-state index in [9.17, 15) is 14.4 Å². The molecule has 182 valence electrons. The van der Waals surface area contributed by atoms with Crippen molar-refractivity contribution in [1.82, 2.24) is 14.5 Å². The van der Waals surface area contributed by atoms with Crippen LogP contribution in [0.3, 0.4) is 0 Å². The molecular weight excluding hydrogens is 476 g/mol. The number of H-pyrrole nitrogens is 1. The lowest BCUT2D eigenvalue weighted by Gasteiger charge is -2.36. The van der Waals surface area contributed by atoms with Crippen LogP contribution >= 0.6 is 12.2 Å². The number of ether oxygens (including phenoxy) is 1. The van der Waals surface area contributed by atoms with Crippen LogP contribution in [0.4, 0.5) is 5.69 Å². The van der Waals surface area contributed by atoms with E-state index < -0.39 is 5.97 Å². The van der Waals surface area contributed by atoms with Gasteiger partial charge in [-0.2, -0.15) is 0 Å². The van der Waals surface area contributed by atoms with Crippen LogP contribution in [0.25, 0.3) is 16.6 Å². The lowest BCUT2D eigenvalue weighted by molar-refractivity contribution is 0.0600. The van der Waals surface area contributed by atoms with Gasteiger partial charge in [-0.05, 0) is 60.7 Å². The molecule has 5 rings (SSSR count). The molecule has 9 heteroatoms. The fourth-order valence-corrected chi connectivity index (χ4v) is 4.76. The molecule has 1 aromatic heterocycles. The molecule has 1 amide bonds. The third-order valence-corrected chi connectivity index (χ3v) is 6.64. The largest absolute Gasteiger partial charge is 0.465 e. The number of anilines is 1. The quantitative estimate of drug-likeness (QED) is 0.339. The van der Waals surface area contributed by atoms with E-state index in [2.05, 4.69) is 22.0 Å². The molecule has 1 fully saturated rings. The van der Waals surface area contributed by atoms with Crippen LogP contribution in [0, 0.1) is 4.77 Å². The maximum atomic E-state index is 13.3. The summed E-state index contributed by atoms with van der Waals surface area (Å²) < 4.78 is 6.28. The van der Waals surface area contributed by atoms with Crippen molar-refractivity contribution in [3.05, 3.63) is 99.0 Å². The van der Waals surface area contributed by atoms with Crippen molar-refractivity contribution >= 4 is 40.7 Å². The molecule has 36 heavy (non-hydrogen) atoms. The Labute approximate surface area is 212 Å². The molecule has 4 aromatic rings. The molecular formula is C27H24N4O4S. The number of carbonyl (C=O) groups is 2. The number of hydrogen-bond acceptors (Lipinski definition) is 6. The monoisotopic (exact) mass is 500 g/mol. The summed E-state index contributed by atoms with van der Waals surface area (Å²) in [5.74, 6) is -0.591. The Balaban J connectivity index is 1.41. The van der Waals surface area contributed by atoms with Gasteiger partial charge in [-0.25, -0.2) is 4.79 Å². The fraction of sp³-hybridized carbons (Fsp3) is 0.185. The van der Waals surface area contributed by atoms with Crippen molar-refractivity contribution in [3.8, 4) is 5.69 Å². The van der Waals surface area contributed by atoms with Gasteiger partial charge in [0.1, 0.15) is 0 Å². The summed E-state index contributed by atoms with van der Waals surface area (Å²) in [4.78, 5) is 45.6. The number of rotatable bonds is 4. The highest BCUT2D eigenvalue weighted by molar-refractivity contribution is 7.71. The summed E-state index contributed by atoms with van der Waals surface area (Å²) in [6, 6.07) is 21.7. The predicted octanol–water partition coefficient (Wildman–Crippen LogP) is 3.80. The van der Waals surface area contributed by atoms with E-state index in [0.29, 0.717) is 40.8 Å². The number of benzene rings is 3. The van der Waals surface area contributed by atoms with Crippen LogP contribution in [-0.2, 0) is 4.74 Å². The smallest absolute Gasteiger partial charge is 0.337 e. The summed E-state index contributed by atoms with van der Waals surface area (Å²) in [6.07, 6.45) is 0. The van der Waals surface area contributed by atoms with Crippen molar-refractivity contribution in [2.75, 3.05) is 38.2 Å². The van der Waals surface area contributed by atoms with Crippen LogP contribution in [0.5, 0.6) is 0 Å². The topological polar surface area (TPSA) is 87.6 Å². The standard InChI is InChI=1S/C27H24N4O4S/c1-35-26(34)19-10-11-22-23(17-19)28-27(36)31(25(22)33)21-9-5-6-18(16-21)24(32)30-14-12-29(13-15-30)20-7-3-2-4-8-20/h2-11,16-17H,12-15H2,1H3,(H,28,36). The number of aromatic amines is 1. The van der Waals surface area contributed by atoms with Crippen molar-refractivity contribution in [3.63, 3.8) is 0 Å². The highest BCUT2D eigenvalue weighted by atomic mass is 32.1. The second-order valence-corrected chi connectivity index (χ2v) is 8.87. The number of carbonyl (C=O) groups excluding carboxylic acids is 2. The molecule has 0 aliphatic carbocycles. The number of nitrogens with zero attached hydrogens (tertiary/aromatic N) is 3. The number of nitrogens with one attached hydrogen (secondary N) is 1. The number of fused-ring (bicyclic) bond motifs is 1. The molecule has 0 saturated carbocycles. The molecule has 0 bridgehead atoms. The van der Waals surface area contributed by atoms with E-state index >= 15 is 0 Å². The van der Waals surface area contributed by atoms with Gasteiger partial charge in [-0.15, -0.1) is 0 Å². The summed E-state index contributed by atoms with van der Waals surface area (Å²) >= 11 is 5.47. The molecule has 1 saturated heterocycles.